The minimum absolute atomic E-state index is 0.177. The van der Waals surface area contributed by atoms with E-state index in [1.54, 1.807) is 42.6 Å². The number of amides is 2. The summed E-state index contributed by atoms with van der Waals surface area (Å²) in [5, 5.41) is 8.69. The zero-order chi connectivity index (χ0) is 20.6. The van der Waals surface area contributed by atoms with Gasteiger partial charge >= 0.3 is 0 Å². The summed E-state index contributed by atoms with van der Waals surface area (Å²) >= 11 is 0. The average Bonchev–Trinajstić information content (AvgIpc) is 2.70. The van der Waals surface area contributed by atoms with Gasteiger partial charge in [0.2, 0.25) is 5.91 Å². The largest absolute Gasteiger partial charge is 0.492 e. The molecule has 0 bridgehead atoms. The van der Waals surface area contributed by atoms with Crippen molar-refractivity contribution in [2.75, 3.05) is 22.6 Å². The molecular weight excluding hydrogens is 368 g/mol. The maximum Gasteiger partial charge on any atom is 0.274 e. The van der Waals surface area contributed by atoms with E-state index >= 15 is 0 Å². The molecule has 0 aliphatic rings. The van der Waals surface area contributed by atoms with Crippen molar-refractivity contribution in [1.82, 2.24) is 4.98 Å². The first-order valence-electron chi connectivity index (χ1n) is 9.19. The Bertz CT molecular complexity index is 1000. The lowest BCUT2D eigenvalue weighted by molar-refractivity contribution is -0.114. The maximum absolute atomic E-state index is 12.5. The van der Waals surface area contributed by atoms with E-state index in [0.717, 1.165) is 17.1 Å². The molecule has 0 saturated carbocycles. The Morgan fingerprint density at radius 1 is 0.931 bits per heavy atom. The second-order valence-corrected chi connectivity index (χ2v) is 6.20. The maximum atomic E-state index is 12.5. The van der Waals surface area contributed by atoms with Gasteiger partial charge in [-0.2, -0.15) is 0 Å². The molecule has 1 aromatic heterocycles. The number of nitrogens with zero attached hydrogens (tertiary/aromatic N) is 1. The van der Waals surface area contributed by atoms with Crippen LogP contribution in [0.3, 0.4) is 0 Å². The number of anilines is 4. The molecule has 3 rings (SSSR count). The lowest BCUT2D eigenvalue weighted by Gasteiger charge is -2.12. The van der Waals surface area contributed by atoms with Crippen molar-refractivity contribution in [2.45, 2.75) is 13.8 Å². The highest BCUT2D eigenvalue weighted by Crippen LogP contribution is 2.27. The average molecular weight is 390 g/mol. The zero-order valence-corrected chi connectivity index (χ0v) is 16.2. The SMILES string of the molecule is CCOc1ccccc1Nc1ccc(C(=O)Nc2cccc(NC(C)=O)c2)nc1. The van der Waals surface area contributed by atoms with Crippen LogP contribution in [0.5, 0.6) is 5.75 Å². The molecule has 3 aromatic rings. The molecule has 0 fully saturated rings. The van der Waals surface area contributed by atoms with Crippen molar-refractivity contribution >= 4 is 34.6 Å². The van der Waals surface area contributed by atoms with Crippen molar-refractivity contribution in [3.8, 4) is 5.75 Å². The second kappa shape index (κ2) is 9.36. The molecule has 7 heteroatoms. The lowest BCUT2D eigenvalue weighted by Crippen LogP contribution is -2.14. The van der Waals surface area contributed by atoms with Gasteiger partial charge in [-0.3, -0.25) is 9.59 Å². The Labute approximate surface area is 169 Å². The van der Waals surface area contributed by atoms with Crippen molar-refractivity contribution in [2.24, 2.45) is 0 Å². The molecule has 3 N–H and O–H groups in total. The van der Waals surface area contributed by atoms with Gasteiger partial charge < -0.3 is 20.7 Å². The van der Waals surface area contributed by atoms with Crippen molar-refractivity contribution in [3.63, 3.8) is 0 Å². The Morgan fingerprint density at radius 3 is 2.38 bits per heavy atom. The highest BCUT2D eigenvalue weighted by Gasteiger charge is 2.09. The number of pyridine rings is 1. The van der Waals surface area contributed by atoms with Gasteiger partial charge in [0, 0.05) is 18.3 Å². The Morgan fingerprint density at radius 2 is 1.69 bits per heavy atom. The van der Waals surface area contributed by atoms with E-state index < -0.39 is 0 Å². The first-order chi connectivity index (χ1) is 14.0. The summed E-state index contributed by atoms with van der Waals surface area (Å²) in [6, 6.07) is 17.9. The van der Waals surface area contributed by atoms with Crippen LogP contribution in [-0.2, 0) is 4.79 Å². The fourth-order valence-corrected chi connectivity index (χ4v) is 2.68. The van der Waals surface area contributed by atoms with Crippen LogP contribution < -0.4 is 20.7 Å². The normalized spacial score (nSPS) is 10.1. The summed E-state index contributed by atoms with van der Waals surface area (Å²) in [6.07, 6.45) is 1.59. The van der Waals surface area contributed by atoms with Crippen LogP contribution in [0.1, 0.15) is 24.3 Å². The lowest BCUT2D eigenvalue weighted by atomic mass is 10.2. The third kappa shape index (κ3) is 5.55. The van der Waals surface area contributed by atoms with E-state index in [9.17, 15) is 9.59 Å². The Balaban J connectivity index is 1.67. The van der Waals surface area contributed by atoms with E-state index in [2.05, 4.69) is 20.9 Å². The fraction of sp³-hybridized carbons (Fsp3) is 0.136. The molecule has 0 aliphatic heterocycles. The number of carbonyl (C=O) groups is 2. The van der Waals surface area contributed by atoms with Gasteiger partial charge in [-0.25, -0.2) is 4.98 Å². The summed E-state index contributed by atoms with van der Waals surface area (Å²) in [5.74, 6) is 0.228. The molecule has 7 nitrogen and oxygen atoms in total. The van der Waals surface area contributed by atoms with Gasteiger partial charge in [-0.1, -0.05) is 18.2 Å². The van der Waals surface area contributed by atoms with Crippen LogP contribution in [0.2, 0.25) is 0 Å². The van der Waals surface area contributed by atoms with E-state index in [0.29, 0.717) is 18.0 Å². The van der Waals surface area contributed by atoms with Crippen molar-refractivity contribution in [1.29, 1.82) is 0 Å². The zero-order valence-electron chi connectivity index (χ0n) is 16.2. The van der Waals surface area contributed by atoms with Crippen LogP contribution in [0, 0.1) is 0 Å². The number of para-hydroxylation sites is 2. The van der Waals surface area contributed by atoms with Crippen LogP contribution >= 0.6 is 0 Å². The second-order valence-electron chi connectivity index (χ2n) is 6.20. The molecule has 0 unspecified atom stereocenters. The minimum atomic E-state index is -0.341. The van der Waals surface area contributed by atoms with Gasteiger partial charge in [0.15, 0.2) is 0 Å². The number of hydrogen-bond acceptors (Lipinski definition) is 5. The van der Waals surface area contributed by atoms with Gasteiger partial charge in [0.25, 0.3) is 5.91 Å². The molecule has 0 radical (unpaired) electrons. The fourth-order valence-electron chi connectivity index (χ4n) is 2.68. The molecule has 2 aromatic carbocycles. The van der Waals surface area contributed by atoms with Gasteiger partial charge in [-0.15, -0.1) is 0 Å². The molecular formula is C22H22N4O3. The predicted molar refractivity (Wildman–Crippen MR) is 114 cm³/mol. The highest BCUT2D eigenvalue weighted by atomic mass is 16.5. The quantitative estimate of drug-likeness (QED) is 0.555. The number of ether oxygens (including phenoxy) is 1. The third-order valence-electron chi connectivity index (χ3n) is 3.90. The highest BCUT2D eigenvalue weighted by molar-refractivity contribution is 6.03. The standard InChI is InChI=1S/C22H22N4O3/c1-3-29-21-10-5-4-9-19(21)25-18-11-12-20(23-14-18)22(28)26-17-8-6-7-16(13-17)24-15(2)27/h4-14,25H,3H2,1-2H3,(H,24,27)(H,26,28). The number of hydrogen-bond donors (Lipinski definition) is 3. The van der Waals surface area contributed by atoms with E-state index in [4.69, 9.17) is 4.74 Å². The van der Waals surface area contributed by atoms with Gasteiger partial charge in [-0.05, 0) is 49.4 Å². The molecule has 0 atom stereocenters. The Hall–Kier alpha value is -3.87. The molecule has 29 heavy (non-hydrogen) atoms. The summed E-state index contributed by atoms with van der Waals surface area (Å²) in [7, 11) is 0. The summed E-state index contributed by atoms with van der Waals surface area (Å²) in [6.45, 7) is 3.92. The molecule has 2 amide bonds. The number of rotatable bonds is 7. The first kappa shape index (κ1) is 19.9. The number of nitrogens with one attached hydrogen (secondary N) is 3. The van der Waals surface area contributed by atoms with E-state index in [-0.39, 0.29) is 17.5 Å². The number of carbonyl (C=O) groups excluding carboxylic acids is 2. The van der Waals surface area contributed by atoms with Crippen LogP contribution in [0.15, 0.2) is 66.9 Å². The van der Waals surface area contributed by atoms with E-state index in [1.807, 2.05) is 31.2 Å². The molecule has 0 aliphatic carbocycles. The van der Waals surface area contributed by atoms with E-state index in [1.165, 1.54) is 6.92 Å². The number of aromatic nitrogens is 1. The molecule has 0 spiro atoms. The summed E-state index contributed by atoms with van der Waals surface area (Å²) < 4.78 is 5.60. The van der Waals surface area contributed by atoms with Crippen molar-refractivity contribution in [3.05, 3.63) is 72.6 Å². The molecule has 0 saturated heterocycles. The predicted octanol–water partition coefficient (Wildman–Crippen LogP) is 4.43. The Kier molecular flexibility index (Phi) is 6.42. The van der Waals surface area contributed by atoms with Crippen molar-refractivity contribution < 1.29 is 14.3 Å². The monoisotopic (exact) mass is 390 g/mol. The van der Waals surface area contributed by atoms with Gasteiger partial charge in [0.1, 0.15) is 11.4 Å². The van der Waals surface area contributed by atoms with Gasteiger partial charge in [0.05, 0.1) is 24.2 Å². The summed E-state index contributed by atoms with van der Waals surface area (Å²) in [5.41, 5.74) is 3.01. The molecule has 1 heterocycles. The minimum Gasteiger partial charge on any atom is -0.492 e. The molecule has 148 valence electrons. The van der Waals surface area contributed by atoms with Crippen LogP contribution in [0.4, 0.5) is 22.7 Å². The topological polar surface area (TPSA) is 92.4 Å². The number of benzene rings is 2. The summed E-state index contributed by atoms with van der Waals surface area (Å²) in [4.78, 5) is 27.9. The third-order valence-corrected chi connectivity index (χ3v) is 3.90. The first-order valence-corrected chi connectivity index (χ1v) is 9.19. The smallest absolute Gasteiger partial charge is 0.274 e. The van der Waals surface area contributed by atoms with Crippen LogP contribution in [-0.4, -0.2) is 23.4 Å². The van der Waals surface area contributed by atoms with Crippen LogP contribution in [0.25, 0.3) is 0 Å².